The van der Waals surface area contributed by atoms with Gasteiger partial charge in [-0.1, -0.05) is 31.4 Å². The molecule has 0 aromatic heterocycles. The van der Waals surface area contributed by atoms with Crippen LogP contribution in [0.15, 0.2) is 24.3 Å². The minimum Gasteiger partial charge on any atom is -0.339 e. The van der Waals surface area contributed by atoms with Gasteiger partial charge in [-0.3, -0.25) is 9.59 Å². The molecule has 22 heavy (non-hydrogen) atoms. The molecule has 0 radical (unpaired) electrons. The molecule has 1 aliphatic carbocycles. The third-order valence-corrected chi connectivity index (χ3v) is 4.78. The maximum atomic E-state index is 12.6. The van der Waals surface area contributed by atoms with E-state index in [4.69, 9.17) is 0 Å². The van der Waals surface area contributed by atoms with Crippen LogP contribution in [-0.4, -0.2) is 29.8 Å². The second-order valence-corrected chi connectivity index (χ2v) is 6.37. The van der Waals surface area contributed by atoms with Crippen molar-refractivity contribution in [3.63, 3.8) is 0 Å². The summed E-state index contributed by atoms with van der Waals surface area (Å²) in [7, 11) is 0. The molecular formula is C18H24N2O2. The lowest BCUT2D eigenvalue weighted by Gasteiger charge is -2.22. The molecule has 4 nitrogen and oxygen atoms in total. The highest BCUT2D eigenvalue weighted by atomic mass is 16.2. The molecule has 118 valence electrons. The number of nitrogens with zero attached hydrogens (tertiary/aromatic N) is 1. The summed E-state index contributed by atoms with van der Waals surface area (Å²) in [4.78, 5) is 26.9. The van der Waals surface area contributed by atoms with E-state index < -0.39 is 0 Å². The highest BCUT2D eigenvalue weighted by molar-refractivity contribution is 6.04. The van der Waals surface area contributed by atoms with Crippen LogP contribution in [0.4, 0.5) is 5.69 Å². The molecule has 4 heteroatoms. The Labute approximate surface area is 131 Å². The standard InChI is InChI=1S/C18H24N2O2/c21-17(14-8-2-1-3-9-14)19-16-11-5-4-10-15(16)18(22)20-12-6-7-13-20/h4-5,10-11,14H,1-3,6-9,12-13H2,(H,19,21). The van der Waals surface area contributed by atoms with Gasteiger partial charge in [0, 0.05) is 19.0 Å². The number of likely N-dealkylation sites (tertiary alicyclic amines) is 1. The van der Waals surface area contributed by atoms with Gasteiger partial charge in [0.05, 0.1) is 11.3 Å². The predicted molar refractivity (Wildman–Crippen MR) is 86.8 cm³/mol. The number of para-hydroxylation sites is 1. The van der Waals surface area contributed by atoms with E-state index in [0.29, 0.717) is 11.3 Å². The van der Waals surface area contributed by atoms with Crippen molar-refractivity contribution in [2.75, 3.05) is 18.4 Å². The van der Waals surface area contributed by atoms with Gasteiger partial charge in [-0.2, -0.15) is 0 Å². The van der Waals surface area contributed by atoms with Gasteiger partial charge in [0.2, 0.25) is 5.91 Å². The van der Waals surface area contributed by atoms with E-state index in [1.54, 1.807) is 0 Å². The zero-order valence-electron chi connectivity index (χ0n) is 13.0. The first-order valence-corrected chi connectivity index (χ1v) is 8.45. The van der Waals surface area contributed by atoms with E-state index in [9.17, 15) is 9.59 Å². The molecule has 1 saturated heterocycles. The molecule has 0 bridgehead atoms. The molecule has 1 aromatic carbocycles. The first kappa shape index (κ1) is 15.1. The van der Waals surface area contributed by atoms with Crippen LogP contribution in [-0.2, 0) is 4.79 Å². The Bertz CT molecular complexity index is 544. The lowest BCUT2D eigenvalue weighted by atomic mass is 9.88. The van der Waals surface area contributed by atoms with Crippen molar-refractivity contribution in [2.24, 2.45) is 5.92 Å². The molecule has 2 amide bonds. The number of hydrogen-bond donors (Lipinski definition) is 1. The molecule has 1 aromatic rings. The number of carbonyl (C=O) groups is 2. The largest absolute Gasteiger partial charge is 0.339 e. The molecule has 2 fully saturated rings. The second-order valence-electron chi connectivity index (χ2n) is 6.37. The van der Waals surface area contributed by atoms with E-state index in [2.05, 4.69) is 5.32 Å². The average Bonchev–Trinajstić information content (AvgIpc) is 3.10. The van der Waals surface area contributed by atoms with Gasteiger partial charge in [0.1, 0.15) is 0 Å². The van der Waals surface area contributed by atoms with Crippen molar-refractivity contribution in [3.8, 4) is 0 Å². The smallest absolute Gasteiger partial charge is 0.255 e. The highest BCUT2D eigenvalue weighted by Gasteiger charge is 2.25. The monoisotopic (exact) mass is 300 g/mol. The van der Waals surface area contributed by atoms with E-state index in [-0.39, 0.29) is 17.7 Å². The van der Waals surface area contributed by atoms with Crippen molar-refractivity contribution in [1.29, 1.82) is 0 Å². The van der Waals surface area contributed by atoms with Gasteiger partial charge < -0.3 is 10.2 Å². The van der Waals surface area contributed by atoms with Gasteiger partial charge in [0.15, 0.2) is 0 Å². The fraction of sp³-hybridized carbons (Fsp3) is 0.556. The topological polar surface area (TPSA) is 49.4 Å². The van der Waals surface area contributed by atoms with Gasteiger partial charge in [-0.25, -0.2) is 0 Å². The number of rotatable bonds is 3. The maximum Gasteiger partial charge on any atom is 0.255 e. The average molecular weight is 300 g/mol. The number of amides is 2. The first-order valence-electron chi connectivity index (χ1n) is 8.45. The number of carbonyl (C=O) groups excluding carboxylic acids is 2. The summed E-state index contributed by atoms with van der Waals surface area (Å²) in [5, 5.41) is 3.00. The molecule has 1 aliphatic heterocycles. The molecule has 0 spiro atoms. The van der Waals surface area contributed by atoms with Crippen molar-refractivity contribution >= 4 is 17.5 Å². The lowest BCUT2D eigenvalue weighted by Crippen LogP contribution is -2.30. The van der Waals surface area contributed by atoms with Crippen LogP contribution in [0.2, 0.25) is 0 Å². The van der Waals surface area contributed by atoms with E-state index in [1.165, 1.54) is 6.42 Å². The van der Waals surface area contributed by atoms with Crippen molar-refractivity contribution in [1.82, 2.24) is 4.90 Å². The normalized spacial score (nSPS) is 19.2. The van der Waals surface area contributed by atoms with Gasteiger partial charge in [-0.05, 0) is 37.8 Å². The molecule has 3 rings (SSSR count). The summed E-state index contributed by atoms with van der Waals surface area (Å²) in [5.74, 6) is 0.210. The first-order chi connectivity index (χ1) is 10.8. The molecular weight excluding hydrogens is 276 g/mol. The van der Waals surface area contributed by atoms with Crippen LogP contribution in [0.3, 0.4) is 0 Å². The Hall–Kier alpha value is -1.84. The van der Waals surface area contributed by atoms with Crippen molar-refractivity contribution < 1.29 is 9.59 Å². The highest BCUT2D eigenvalue weighted by Crippen LogP contribution is 2.26. The summed E-state index contributed by atoms with van der Waals surface area (Å²) in [5.41, 5.74) is 1.28. The lowest BCUT2D eigenvalue weighted by molar-refractivity contribution is -0.120. The zero-order valence-corrected chi connectivity index (χ0v) is 13.0. The predicted octanol–water partition coefficient (Wildman–Crippen LogP) is 3.44. The van der Waals surface area contributed by atoms with Crippen molar-refractivity contribution in [2.45, 2.75) is 44.9 Å². The Kier molecular flexibility index (Phi) is 4.76. The van der Waals surface area contributed by atoms with Gasteiger partial charge >= 0.3 is 0 Å². The molecule has 0 unspecified atom stereocenters. The molecule has 1 saturated carbocycles. The Morgan fingerprint density at radius 2 is 1.64 bits per heavy atom. The number of nitrogens with one attached hydrogen (secondary N) is 1. The van der Waals surface area contributed by atoms with Crippen LogP contribution in [0, 0.1) is 5.92 Å². The van der Waals surface area contributed by atoms with E-state index >= 15 is 0 Å². The Morgan fingerprint density at radius 3 is 2.36 bits per heavy atom. The molecule has 1 heterocycles. The third kappa shape index (κ3) is 3.32. The number of anilines is 1. The summed E-state index contributed by atoms with van der Waals surface area (Å²) < 4.78 is 0. The Morgan fingerprint density at radius 1 is 0.955 bits per heavy atom. The van der Waals surface area contributed by atoms with Crippen LogP contribution < -0.4 is 5.32 Å². The molecule has 2 aliphatic rings. The van der Waals surface area contributed by atoms with Gasteiger partial charge in [-0.15, -0.1) is 0 Å². The van der Waals surface area contributed by atoms with Crippen LogP contribution in [0.1, 0.15) is 55.3 Å². The van der Waals surface area contributed by atoms with E-state index in [0.717, 1.165) is 51.6 Å². The van der Waals surface area contributed by atoms with Crippen LogP contribution in [0.25, 0.3) is 0 Å². The van der Waals surface area contributed by atoms with Crippen LogP contribution in [0.5, 0.6) is 0 Å². The summed E-state index contributed by atoms with van der Waals surface area (Å²) in [6.45, 7) is 1.65. The fourth-order valence-corrected chi connectivity index (χ4v) is 3.47. The fourth-order valence-electron chi connectivity index (χ4n) is 3.47. The SMILES string of the molecule is O=C(Nc1ccccc1C(=O)N1CCCC1)C1CCCCC1. The second kappa shape index (κ2) is 6.95. The summed E-state index contributed by atoms with van der Waals surface area (Å²) in [6.07, 6.45) is 7.57. The van der Waals surface area contributed by atoms with Gasteiger partial charge in [0.25, 0.3) is 5.91 Å². The molecule has 0 atom stereocenters. The summed E-state index contributed by atoms with van der Waals surface area (Å²) >= 11 is 0. The van der Waals surface area contributed by atoms with Crippen LogP contribution >= 0.6 is 0 Å². The Balaban J connectivity index is 1.73. The van der Waals surface area contributed by atoms with E-state index in [1.807, 2.05) is 29.2 Å². The quantitative estimate of drug-likeness (QED) is 0.929. The number of benzene rings is 1. The zero-order chi connectivity index (χ0) is 15.4. The maximum absolute atomic E-state index is 12.6. The molecule has 1 N–H and O–H groups in total. The third-order valence-electron chi connectivity index (χ3n) is 4.78. The van der Waals surface area contributed by atoms with Crippen molar-refractivity contribution in [3.05, 3.63) is 29.8 Å². The minimum absolute atomic E-state index is 0.0389. The summed E-state index contributed by atoms with van der Waals surface area (Å²) in [6, 6.07) is 7.39. The minimum atomic E-state index is 0.0389. The number of hydrogen-bond acceptors (Lipinski definition) is 2.